The third-order valence-electron chi connectivity index (χ3n) is 1.99. The number of carbonyl (C=O) groups is 1. The van der Waals surface area contributed by atoms with Crippen molar-refractivity contribution < 1.29 is 9.90 Å². The van der Waals surface area contributed by atoms with E-state index in [2.05, 4.69) is 18.8 Å². The van der Waals surface area contributed by atoms with Crippen molar-refractivity contribution >= 4 is 5.97 Å². The molecule has 0 aliphatic heterocycles. The number of hydrogen-bond acceptors (Lipinski definition) is 2. The number of rotatable bonds is 3. The molecule has 0 bridgehead atoms. The monoisotopic (exact) mass is 193 g/mol. The number of aryl methyl sites for hydroxylation is 1. The van der Waals surface area contributed by atoms with Gasteiger partial charge in [0.25, 0.3) is 0 Å². The van der Waals surface area contributed by atoms with E-state index in [1.54, 1.807) is 19.1 Å². The van der Waals surface area contributed by atoms with E-state index >= 15 is 0 Å². The van der Waals surface area contributed by atoms with Crippen LogP contribution in [0.15, 0.2) is 12.1 Å². The van der Waals surface area contributed by atoms with Crippen LogP contribution in [0.1, 0.15) is 35.6 Å². The molecule has 0 saturated heterocycles. The Bertz CT molecular complexity index is 345. The van der Waals surface area contributed by atoms with Crippen molar-refractivity contribution in [3.8, 4) is 0 Å². The minimum atomic E-state index is -0.911. The van der Waals surface area contributed by atoms with Gasteiger partial charge in [-0.1, -0.05) is 13.8 Å². The average molecular weight is 193 g/mol. The summed E-state index contributed by atoms with van der Waals surface area (Å²) in [6.45, 7) is 5.96. The highest BCUT2D eigenvalue weighted by atomic mass is 16.4. The van der Waals surface area contributed by atoms with Gasteiger partial charge in [0.2, 0.25) is 0 Å². The van der Waals surface area contributed by atoms with E-state index < -0.39 is 5.97 Å². The second-order valence-electron chi connectivity index (χ2n) is 3.84. The van der Waals surface area contributed by atoms with Crippen LogP contribution in [0.25, 0.3) is 0 Å². The zero-order valence-electron chi connectivity index (χ0n) is 8.74. The Kier molecular flexibility index (Phi) is 3.23. The van der Waals surface area contributed by atoms with Crippen LogP contribution in [0, 0.1) is 12.8 Å². The van der Waals surface area contributed by atoms with Crippen LogP contribution in [0.3, 0.4) is 0 Å². The second kappa shape index (κ2) is 4.22. The molecule has 0 fully saturated rings. The van der Waals surface area contributed by atoms with Crippen LogP contribution in [-0.2, 0) is 6.42 Å². The summed E-state index contributed by atoms with van der Waals surface area (Å²) in [6, 6.07) is 3.42. The van der Waals surface area contributed by atoms with Gasteiger partial charge in [-0.3, -0.25) is 4.98 Å². The van der Waals surface area contributed by atoms with Gasteiger partial charge in [0.15, 0.2) is 0 Å². The Hall–Kier alpha value is -1.38. The van der Waals surface area contributed by atoms with Crippen molar-refractivity contribution in [1.29, 1.82) is 0 Å². The number of carboxylic acid groups (broad SMARTS) is 1. The Labute approximate surface area is 83.8 Å². The summed E-state index contributed by atoms with van der Waals surface area (Å²) in [5.41, 5.74) is 1.84. The van der Waals surface area contributed by atoms with Gasteiger partial charge in [-0.15, -0.1) is 0 Å². The molecule has 1 N–H and O–H groups in total. The maximum atomic E-state index is 10.7. The van der Waals surface area contributed by atoms with Crippen molar-refractivity contribution in [2.75, 3.05) is 0 Å². The lowest BCUT2D eigenvalue weighted by Gasteiger charge is -2.06. The van der Waals surface area contributed by atoms with Crippen molar-refractivity contribution in [2.45, 2.75) is 27.2 Å². The number of pyridine rings is 1. The second-order valence-corrected chi connectivity index (χ2v) is 3.84. The van der Waals surface area contributed by atoms with Gasteiger partial charge in [0.1, 0.15) is 0 Å². The third kappa shape index (κ3) is 2.55. The lowest BCUT2D eigenvalue weighted by atomic mass is 10.1. The molecule has 0 aliphatic rings. The molecule has 76 valence electrons. The number of nitrogens with zero attached hydrogens (tertiary/aromatic N) is 1. The molecule has 1 rings (SSSR count). The normalized spacial score (nSPS) is 10.6. The molecule has 14 heavy (non-hydrogen) atoms. The maximum Gasteiger partial charge on any atom is 0.337 e. The fourth-order valence-corrected chi connectivity index (χ4v) is 1.37. The SMILES string of the molecule is Cc1nc(CC(C)C)ccc1C(=O)O. The van der Waals surface area contributed by atoms with Crippen molar-refractivity contribution in [2.24, 2.45) is 5.92 Å². The lowest BCUT2D eigenvalue weighted by molar-refractivity contribution is 0.0695. The summed E-state index contributed by atoms with van der Waals surface area (Å²) in [4.78, 5) is 15.0. The largest absolute Gasteiger partial charge is 0.478 e. The van der Waals surface area contributed by atoms with Crippen LogP contribution in [0.5, 0.6) is 0 Å². The van der Waals surface area contributed by atoms with E-state index in [0.29, 0.717) is 11.6 Å². The fourth-order valence-electron chi connectivity index (χ4n) is 1.37. The molecule has 1 aromatic heterocycles. The molecule has 0 aromatic carbocycles. The minimum Gasteiger partial charge on any atom is -0.478 e. The van der Waals surface area contributed by atoms with Gasteiger partial charge in [-0.25, -0.2) is 4.79 Å². The first kappa shape index (κ1) is 10.7. The molecule has 0 atom stereocenters. The molecule has 3 heteroatoms. The van der Waals surface area contributed by atoms with Gasteiger partial charge in [-0.05, 0) is 31.4 Å². The molecule has 0 unspecified atom stereocenters. The van der Waals surface area contributed by atoms with Crippen LogP contribution in [-0.4, -0.2) is 16.1 Å². The molecular weight excluding hydrogens is 178 g/mol. The average Bonchev–Trinajstić information content (AvgIpc) is 2.01. The lowest BCUT2D eigenvalue weighted by Crippen LogP contribution is -2.05. The minimum absolute atomic E-state index is 0.289. The Morgan fingerprint density at radius 1 is 1.50 bits per heavy atom. The molecule has 0 radical (unpaired) electrons. The molecule has 0 aliphatic carbocycles. The van der Waals surface area contributed by atoms with Gasteiger partial charge in [-0.2, -0.15) is 0 Å². The number of aromatic nitrogens is 1. The van der Waals surface area contributed by atoms with Gasteiger partial charge in [0, 0.05) is 5.69 Å². The molecule has 1 aromatic rings. The predicted octanol–water partition coefficient (Wildman–Crippen LogP) is 2.29. The van der Waals surface area contributed by atoms with Crippen molar-refractivity contribution in [3.05, 3.63) is 29.1 Å². The quantitative estimate of drug-likeness (QED) is 0.801. The van der Waals surface area contributed by atoms with Crippen molar-refractivity contribution in [3.63, 3.8) is 0 Å². The standard InChI is InChI=1S/C11H15NO2/c1-7(2)6-9-4-5-10(11(13)14)8(3)12-9/h4-5,7H,6H2,1-3H3,(H,13,14). The van der Waals surface area contributed by atoms with E-state index in [1.165, 1.54) is 0 Å². The highest BCUT2D eigenvalue weighted by Crippen LogP contribution is 2.10. The van der Waals surface area contributed by atoms with Crippen molar-refractivity contribution in [1.82, 2.24) is 4.98 Å². The first-order valence-electron chi connectivity index (χ1n) is 4.70. The zero-order valence-corrected chi connectivity index (χ0v) is 8.74. The topological polar surface area (TPSA) is 50.2 Å². The smallest absolute Gasteiger partial charge is 0.337 e. The van der Waals surface area contributed by atoms with Gasteiger partial charge < -0.3 is 5.11 Å². The predicted molar refractivity (Wildman–Crippen MR) is 54.5 cm³/mol. The molecule has 0 amide bonds. The van der Waals surface area contributed by atoms with Crippen LogP contribution < -0.4 is 0 Å². The number of aromatic carboxylic acids is 1. The molecule has 1 heterocycles. The summed E-state index contributed by atoms with van der Waals surface area (Å²) in [7, 11) is 0. The van der Waals surface area contributed by atoms with Gasteiger partial charge in [0.05, 0.1) is 11.3 Å². The van der Waals surface area contributed by atoms with E-state index in [0.717, 1.165) is 12.1 Å². The molecule has 0 spiro atoms. The zero-order chi connectivity index (χ0) is 10.7. The number of carboxylic acids is 1. The van der Waals surface area contributed by atoms with Crippen LogP contribution >= 0.6 is 0 Å². The highest BCUT2D eigenvalue weighted by Gasteiger charge is 2.08. The molecule has 0 saturated carbocycles. The summed E-state index contributed by atoms with van der Waals surface area (Å²) in [5.74, 6) is -0.372. The summed E-state index contributed by atoms with van der Waals surface area (Å²) in [6.07, 6.45) is 0.890. The number of hydrogen-bond donors (Lipinski definition) is 1. The third-order valence-corrected chi connectivity index (χ3v) is 1.99. The van der Waals surface area contributed by atoms with E-state index in [1.807, 2.05) is 0 Å². The summed E-state index contributed by atoms with van der Waals surface area (Å²) >= 11 is 0. The highest BCUT2D eigenvalue weighted by molar-refractivity contribution is 5.88. The van der Waals surface area contributed by atoms with E-state index in [4.69, 9.17) is 5.11 Å². The Morgan fingerprint density at radius 2 is 2.14 bits per heavy atom. The Morgan fingerprint density at radius 3 is 2.57 bits per heavy atom. The first-order chi connectivity index (χ1) is 6.50. The maximum absolute atomic E-state index is 10.7. The molecule has 3 nitrogen and oxygen atoms in total. The van der Waals surface area contributed by atoms with E-state index in [-0.39, 0.29) is 5.56 Å². The summed E-state index contributed by atoms with van der Waals surface area (Å²) < 4.78 is 0. The van der Waals surface area contributed by atoms with Gasteiger partial charge >= 0.3 is 5.97 Å². The van der Waals surface area contributed by atoms with Crippen LogP contribution in [0.2, 0.25) is 0 Å². The molecular formula is C11H15NO2. The summed E-state index contributed by atoms with van der Waals surface area (Å²) in [5, 5.41) is 8.80. The Balaban J connectivity index is 2.94. The van der Waals surface area contributed by atoms with E-state index in [9.17, 15) is 4.79 Å². The first-order valence-corrected chi connectivity index (χ1v) is 4.70. The fraction of sp³-hybridized carbons (Fsp3) is 0.455. The van der Waals surface area contributed by atoms with Crippen LogP contribution in [0.4, 0.5) is 0 Å².